The molecule has 0 aliphatic rings. The third kappa shape index (κ3) is 2.86. The predicted molar refractivity (Wildman–Crippen MR) is 64.9 cm³/mol. The molecule has 0 radical (unpaired) electrons. The van der Waals surface area contributed by atoms with Crippen LogP contribution in [0.4, 0.5) is 18.3 Å². The minimum atomic E-state index is -4.50. The minimum Gasteiger partial charge on any atom is -0.356 e. The van der Waals surface area contributed by atoms with Gasteiger partial charge in [-0.2, -0.15) is 27.6 Å². The molecule has 2 rings (SSSR count). The molecule has 0 unspecified atom stereocenters. The molecule has 0 saturated heterocycles. The summed E-state index contributed by atoms with van der Waals surface area (Å²) in [4.78, 5) is 3.41. The maximum absolute atomic E-state index is 12.3. The molecule has 0 bridgehead atoms. The zero-order valence-corrected chi connectivity index (χ0v) is 11.4. The van der Waals surface area contributed by atoms with Gasteiger partial charge in [-0.1, -0.05) is 0 Å². The number of alkyl halides is 3. The average molecular weight is 291 g/mol. The second-order valence-corrected chi connectivity index (χ2v) is 4.80. The fourth-order valence-electron chi connectivity index (χ4n) is 1.65. The molecule has 0 fully saturated rings. The number of aromatic nitrogens is 4. The zero-order valence-electron chi connectivity index (χ0n) is 10.5. The summed E-state index contributed by atoms with van der Waals surface area (Å²) in [6, 6.07) is 0. The van der Waals surface area contributed by atoms with Gasteiger partial charge in [-0.3, -0.25) is 4.68 Å². The van der Waals surface area contributed by atoms with E-state index in [1.54, 1.807) is 4.68 Å². The minimum absolute atomic E-state index is 0.148. The normalized spacial score (nSPS) is 11.9. The third-order valence-electron chi connectivity index (χ3n) is 2.75. The molecule has 0 aliphatic heterocycles. The lowest BCUT2D eigenvalue weighted by atomic mass is 10.2. The van der Waals surface area contributed by atoms with E-state index in [4.69, 9.17) is 0 Å². The van der Waals surface area contributed by atoms with Crippen molar-refractivity contribution >= 4 is 16.7 Å². The molecule has 5 nitrogen and oxygen atoms in total. The van der Waals surface area contributed by atoms with E-state index in [9.17, 15) is 13.2 Å². The van der Waals surface area contributed by atoms with Crippen molar-refractivity contribution in [3.63, 3.8) is 0 Å². The molecule has 19 heavy (non-hydrogen) atoms. The highest BCUT2D eigenvalue weighted by atomic mass is 32.1. The fourth-order valence-corrected chi connectivity index (χ4v) is 2.23. The zero-order chi connectivity index (χ0) is 14.2. The van der Waals surface area contributed by atoms with Crippen LogP contribution in [-0.4, -0.2) is 19.1 Å². The van der Waals surface area contributed by atoms with Gasteiger partial charge in [0.05, 0.1) is 5.69 Å². The van der Waals surface area contributed by atoms with Gasteiger partial charge in [0, 0.05) is 36.4 Å². The van der Waals surface area contributed by atoms with Crippen LogP contribution in [0.25, 0.3) is 0 Å². The van der Waals surface area contributed by atoms with E-state index in [2.05, 4.69) is 19.8 Å². The monoisotopic (exact) mass is 291 g/mol. The summed E-state index contributed by atoms with van der Waals surface area (Å²) in [6.07, 6.45) is -4.50. The SMILES string of the molecule is Cc1nn(C)c(C)c1CNc1nc(C(F)(F)F)ns1. The molecule has 104 valence electrons. The molecule has 0 aromatic carbocycles. The molecular weight excluding hydrogens is 279 g/mol. The summed E-state index contributed by atoms with van der Waals surface area (Å²) in [6.45, 7) is 4.13. The molecule has 0 amide bonds. The quantitative estimate of drug-likeness (QED) is 0.944. The number of nitrogens with zero attached hydrogens (tertiary/aromatic N) is 4. The van der Waals surface area contributed by atoms with Gasteiger partial charge in [0.15, 0.2) is 0 Å². The van der Waals surface area contributed by atoms with Gasteiger partial charge in [0.25, 0.3) is 0 Å². The first-order valence-electron chi connectivity index (χ1n) is 5.43. The molecule has 0 saturated carbocycles. The lowest BCUT2D eigenvalue weighted by Crippen LogP contribution is -2.08. The van der Waals surface area contributed by atoms with Crippen LogP contribution in [0, 0.1) is 13.8 Å². The summed E-state index contributed by atoms with van der Waals surface area (Å²) in [7, 11) is 1.82. The van der Waals surface area contributed by atoms with Crippen molar-refractivity contribution in [2.24, 2.45) is 7.05 Å². The van der Waals surface area contributed by atoms with Crippen molar-refractivity contribution in [3.8, 4) is 0 Å². The topological polar surface area (TPSA) is 55.6 Å². The average Bonchev–Trinajstić information content (AvgIpc) is 2.84. The van der Waals surface area contributed by atoms with Crippen molar-refractivity contribution in [3.05, 3.63) is 22.8 Å². The Morgan fingerprint density at radius 2 is 2.00 bits per heavy atom. The summed E-state index contributed by atoms with van der Waals surface area (Å²) < 4.78 is 42.0. The van der Waals surface area contributed by atoms with Crippen LogP contribution in [-0.2, 0) is 19.8 Å². The molecule has 9 heteroatoms. The Labute approximate surface area is 111 Å². The summed E-state index contributed by atoms with van der Waals surface area (Å²) in [5, 5.41) is 7.22. The summed E-state index contributed by atoms with van der Waals surface area (Å²) >= 11 is 0.695. The van der Waals surface area contributed by atoms with Crippen LogP contribution in [0.1, 0.15) is 22.8 Å². The number of aryl methyl sites for hydroxylation is 2. The third-order valence-corrected chi connectivity index (χ3v) is 3.43. The van der Waals surface area contributed by atoms with E-state index >= 15 is 0 Å². The van der Waals surface area contributed by atoms with E-state index in [0.717, 1.165) is 17.0 Å². The van der Waals surface area contributed by atoms with Crippen LogP contribution in [0.5, 0.6) is 0 Å². The number of halogens is 3. The first-order valence-corrected chi connectivity index (χ1v) is 6.20. The number of hydrogen-bond acceptors (Lipinski definition) is 5. The van der Waals surface area contributed by atoms with Crippen molar-refractivity contribution in [2.75, 3.05) is 5.32 Å². The Balaban J connectivity index is 2.09. The molecular formula is C10H12F3N5S. The Morgan fingerprint density at radius 3 is 2.47 bits per heavy atom. The molecule has 0 spiro atoms. The Bertz CT molecular complexity index is 586. The van der Waals surface area contributed by atoms with Crippen LogP contribution in [0.15, 0.2) is 0 Å². The highest BCUT2D eigenvalue weighted by molar-refractivity contribution is 7.09. The standard InChI is InChI=1S/C10H12F3N5S/c1-5-7(6(2)18(3)16-5)4-14-9-15-8(17-19-9)10(11,12)13/h4H2,1-3H3,(H,14,15,17). The lowest BCUT2D eigenvalue weighted by molar-refractivity contribution is -0.144. The Kier molecular flexibility index (Phi) is 3.48. The Hall–Kier alpha value is -1.64. The van der Waals surface area contributed by atoms with Gasteiger partial charge in [-0.25, -0.2) is 0 Å². The molecule has 2 aromatic rings. The van der Waals surface area contributed by atoms with Gasteiger partial charge < -0.3 is 5.32 Å². The van der Waals surface area contributed by atoms with Crippen molar-refractivity contribution in [1.82, 2.24) is 19.1 Å². The summed E-state index contributed by atoms with van der Waals surface area (Å²) in [5.74, 6) is -1.11. The van der Waals surface area contributed by atoms with Gasteiger partial charge in [-0.15, -0.1) is 0 Å². The predicted octanol–water partition coefficient (Wildman–Crippen LogP) is 2.52. The fraction of sp³-hybridized carbons (Fsp3) is 0.500. The van der Waals surface area contributed by atoms with Crippen LogP contribution in [0.3, 0.4) is 0 Å². The number of nitrogens with one attached hydrogen (secondary N) is 1. The molecule has 2 aromatic heterocycles. The molecule has 0 atom stereocenters. The summed E-state index contributed by atoms with van der Waals surface area (Å²) in [5.41, 5.74) is 2.75. The first-order chi connectivity index (χ1) is 8.79. The highest BCUT2D eigenvalue weighted by Crippen LogP contribution is 2.29. The van der Waals surface area contributed by atoms with E-state index in [1.807, 2.05) is 20.9 Å². The number of hydrogen-bond donors (Lipinski definition) is 1. The first kappa shape index (κ1) is 13.8. The lowest BCUT2D eigenvalue weighted by Gasteiger charge is -2.03. The van der Waals surface area contributed by atoms with E-state index in [1.165, 1.54) is 0 Å². The van der Waals surface area contributed by atoms with E-state index in [-0.39, 0.29) is 5.13 Å². The van der Waals surface area contributed by atoms with Gasteiger partial charge in [0.1, 0.15) is 0 Å². The highest BCUT2D eigenvalue weighted by Gasteiger charge is 2.36. The molecule has 0 aliphatic carbocycles. The van der Waals surface area contributed by atoms with Gasteiger partial charge in [0.2, 0.25) is 11.0 Å². The van der Waals surface area contributed by atoms with Crippen molar-refractivity contribution < 1.29 is 13.2 Å². The van der Waals surface area contributed by atoms with Crippen LogP contribution >= 0.6 is 11.5 Å². The smallest absolute Gasteiger partial charge is 0.356 e. The second-order valence-electron chi connectivity index (χ2n) is 4.05. The maximum Gasteiger partial charge on any atom is 0.452 e. The van der Waals surface area contributed by atoms with E-state index < -0.39 is 12.0 Å². The second kappa shape index (κ2) is 4.80. The number of rotatable bonds is 3. The van der Waals surface area contributed by atoms with Crippen molar-refractivity contribution in [1.29, 1.82) is 0 Å². The Morgan fingerprint density at radius 1 is 1.32 bits per heavy atom. The van der Waals surface area contributed by atoms with Gasteiger partial charge in [-0.05, 0) is 13.8 Å². The largest absolute Gasteiger partial charge is 0.452 e. The van der Waals surface area contributed by atoms with Crippen LogP contribution < -0.4 is 5.32 Å². The molecule has 1 N–H and O–H groups in total. The van der Waals surface area contributed by atoms with Crippen molar-refractivity contribution in [2.45, 2.75) is 26.6 Å². The van der Waals surface area contributed by atoms with Gasteiger partial charge >= 0.3 is 6.18 Å². The van der Waals surface area contributed by atoms with E-state index in [0.29, 0.717) is 18.1 Å². The number of anilines is 1. The van der Waals surface area contributed by atoms with Crippen LogP contribution in [0.2, 0.25) is 0 Å². The molecule has 2 heterocycles. The maximum atomic E-state index is 12.3.